The molecule has 0 saturated carbocycles. The zero-order valence-corrected chi connectivity index (χ0v) is 12.0. The van der Waals surface area contributed by atoms with Gasteiger partial charge in [-0.3, -0.25) is 10.1 Å². The summed E-state index contributed by atoms with van der Waals surface area (Å²) in [6, 6.07) is 0.340. The number of nitrogens with one attached hydrogen (secondary N) is 1. The molecule has 1 aliphatic heterocycles. The molecule has 7 heteroatoms. The molecule has 7 nitrogen and oxygen atoms in total. The zero-order valence-electron chi connectivity index (χ0n) is 12.0. The van der Waals surface area contributed by atoms with E-state index in [9.17, 15) is 10.1 Å². The summed E-state index contributed by atoms with van der Waals surface area (Å²) >= 11 is 0. The molecular weight excluding hydrogens is 258 g/mol. The van der Waals surface area contributed by atoms with Crippen LogP contribution in [0.15, 0.2) is 6.33 Å². The first-order chi connectivity index (χ1) is 9.69. The Labute approximate surface area is 118 Å². The van der Waals surface area contributed by atoms with Gasteiger partial charge in [0.1, 0.15) is 6.33 Å². The maximum atomic E-state index is 11.4. The smallest absolute Gasteiger partial charge is 0.353 e. The van der Waals surface area contributed by atoms with Gasteiger partial charge in [0.05, 0.1) is 4.92 Å². The van der Waals surface area contributed by atoms with Crippen LogP contribution in [0.2, 0.25) is 0 Å². The van der Waals surface area contributed by atoms with E-state index in [1.807, 2.05) is 0 Å². The average Bonchev–Trinajstić information content (AvgIpc) is 2.47. The van der Waals surface area contributed by atoms with E-state index in [0.29, 0.717) is 11.9 Å². The number of hydrogen-bond donors (Lipinski definition) is 1. The molecule has 0 amide bonds. The summed E-state index contributed by atoms with van der Waals surface area (Å²) < 4.78 is 0. The normalized spacial score (nSPS) is 18.9. The average molecular weight is 279 g/mol. The van der Waals surface area contributed by atoms with E-state index in [4.69, 9.17) is 0 Å². The quantitative estimate of drug-likeness (QED) is 0.658. The lowest BCUT2D eigenvalue weighted by Crippen LogP contribution is -2.40. The first kappa shape index (κ1) is 14.5. The third-order valence-corrected chi connectivity index (χ3v) is 3.74. The fourth-order valence-corrected chi connectivity index (χ4v) is 2.84. The van der Waals surface area contributed by atoms with E-state index in [0.717, 1.165) is 32.2 Å². The molecule has 0 spiro atoms. The Hall–Kier alpha value is -1.92. The first-order valence-corrected chi connectivity index (χ1v) is 7.12. The van der Waals surface area contributed by atoms with E-state index in [2.05, 4.69) is 27.1 Å². The molecule has 1 saturated heterocycles. The van der Waals surface area contributed by atoms with Crippen LogP contribution in [0, 0.1) is 10.1 Å². The highest BCUT2D eigenvalue weighted by Gasteiger charge is 2.31. The number of rotatable bonds is 5. The van der Waals surface area contributed by atoms with Gasteiger partial charge in [-0.15, -0.1) is 0 Å². The summed E-state index contributed by atoms with van der Waals surface area (Å²) in [5, 5.41) is 14.2. The van der Waals surface area contributed by atoms with Crippen molar-refractivity contribution in [2.75, 3.05) is 23.8 Å². The molecule has 0 radical (unpaired) electrons. The molecule has 1 atom stereocenters. The lowest BCUT2D eigenvalue weighted by atomic mass is 9.98. The van der Waals surface area contributed by atoms with Crippen molar-refractivity contribution in [2.24, 2.45) is 0 Å². The third kappa shape index (κ3) is 2.81. The summed E-state index contributed by atoms with van der Waals surface area (Å²) in [6.07, 6.45) is 6.81. The van der Waals surface area contributed by atoms with Crippen LogP contribution in [0.4, 0.5) is 17.3 Å². The van der Waals surface area contributed by atoms with Gasteiger partial charge in [-0.2, -0.15) is 0 Å². The highest BCUT2D eigenvalue weighted by Crippen LogP contribution is 2.35. The van der Waals surface area contributed by atoms with Crippen molar-refractivity contribution in [3.8, 4) is 0 Å². The largest absolute Gasteiger partial charge is 0.367 e. The van der Waals surface area contributed by atoms with Crippen molar-refractivity contribution in [3.63, 3.8) is 0 Å². The number of hydrogen-bond acceptors (Lipinski definition) is 6. The Kier molecular flexibility index (Phi) is 4.70. The Bertz CT molecular complexity index is 478. The molecule has 1 aromatic heterocycles. The number of aromatic nitrogens is 2. The predicted molar refractivity (Wildman–Crippen MR) is 78.1 cm³/mol. The van der Waals surface area contributed by atoms with Gasteiger partial charge >= 0.3 is 5.69 Å². The second kappa shape index (κ2) is 6.49. The molecule has 1 aromatic rings. The molecule has 20 heavy (non-hydrogen) atoms. The van der Waals surface area contributed by atoms with Crippen LogP contribution in [-0.2, 0) is 0 Å². The SMILES string of the molecule is CCCC1CCCCN1c1ncnc(NC)c1[N+](=O)[O-]. The highest BCUT2D eigenvalue weighted by atomic mass is 16.6. The minimum absolute atomic E-state index is 0.0157. The first-order valence-electron chi connectivity index (χ1n) is 7.12. The van der Waals surface area contributed by atoms with Gasteiger partial charge < -0.3 is 10.2 Å². The molecule has 0 bridgehead atoms. The van der Waals surface area contributed by atoms with Gasteiger partial charge in [0, 0.05) is 19.6 Å². The Morgan fingerprint density at radius 1 is 1.50 bits per heavy atom. The van der Waals surface area contributed by atoms with Gasteiger partial charge in [-0.05, 0) is 25.7 Å². The maximum Gasteiger partial charge on any atom is 0.353 e. The minimum atomic E-state index is -0.390. The van der Waals surface area contributed by atoms with Crippen molar-refractivity contribution >= 4 is 17.3 Å². The van der Waals surface area contributed by atoms with E-state index in [1.54, 1.807) is 7.05 Å². The molecule has 1 fully saturated rings. The molecule has 2 rings (SSSR count). The van der Waals surface area contributed by atoms with E-state index in [-0.39, 0.29) is 11.5 Å². The van der Waals surface area contributed by atoms with Crippen LogP contribution in [0.1, 0.15) is 39.0 Å². The maximum absolute atomic E-state index is 11.4. The van der Waals surface area contributed by atoms with E-state index < -0.39 is 4.92 Å². The lowest BCUT2D eigenvalue weighted by molar-refractivity contribution is -0.383. The van der Waals surface area contributed by atoms with Gasteiger partial charge in [0.15, 0.2) is 0 Å². The van der Waals surface area contributed by atoms with Crippen molar-refractivity contribution in [1.82, 2.24) is 9.97 Å². The third-order valence-electron chi connectivity index (χ3n) is 3.74. The summed E-state index contributed by atoms with van der Waals surface area (Å²) in [5.41, 5.74) is -0.0157. The van der Waals surface area contributed by atoms with E-state index in [1.165, 1.54) is 12.7 Å². The summed E-state index contributed by atoms with van der Waals surface area (Å²) in [6.45, 7) is 2.96. The van der Waals surface area contributed by atoms with Crippen LogP contribution in [0.5, 0.6) is 0 Å². The van der Waals surface area contributed by atoms with Crippen molar-refractivity contribution < 1.29 is 4.92 Å². The molecule has 2 heterocycles. The van der Waals surface area contributed by atoms with Gasteiger partial charge in [0.25, 0.3) is 0 Å². The second-order valence-electron chi connectivity index (χ2n) is 5.03. The number of nitro groups is 1. The van der Waals surface area contributed by atoms with Gasteiger partial charge in [0.2, 0.25) is 11.6 Å². The molecular formula is C13H21N5O2. The second-order valence-corrected chi connectivity index (χ2v) is 5.03. The molecule has 1 N–H and O–H groups in total. The number of piperidine rings is 1. The summed E-state index contributed by atoms with van der Waals surface area (Å²) in [5.74, 6) is 0.730. The van der Waals surface area contributed by atoms with Crippen LogP contribution in [0.25, 0.3) is 0 Å². The molecule has 1 aliphatic rings. The van der Waals surface area contributed by atoms with Gasteiger partial charge in [-0.1, -0.05) is 13.3 Å². The fourth-order valence-electron chi connectivity index (χ4n) is 2.84. The van der Waals surface area contributed by atoms with Crippen LogP contribution < -0.4 is 10.2 Å². The highest BCUT2D eigenvalue weighted by molar-refractivity contribution is 5.70. The molecule has 110 valence electrons. The molecule has 1 unspecified atom stereocenters. The number of nitrogens with zero attached hydrogens (tertiary/aromatic N) is 4. The monoisotopic (exact) mass is 279 g/mol. The minimum Gasteiger partial charge on any atom is -0.367 e. The zero-order chi connectivity index (χ0) is 14.5. The number of anilines is 2. The topological polar surface area (TPSA) is 84.2 Å². The van der Waals surface area contributed by atoms with Crippen molar-refractivity contribution in [1.29, 1.82) is 0 Å². The molecule has 0 aliphatic carbocycles. The van der Waals surface area contributed by atoms with Crippen LogP contribution in [-0.4, -0.2) is 34.5 Å². The van der Waals surface area contributed by atoms with Crippen LogP contribution >= 0.6 is 0 Å². The van der Waals surface area contributed by atoms with Crippen LogP contribution in [0.3, 0.4) is 0 Å². The summed E-state index contributed by atoms with van der Waals surface area (Å²) in [7, 11) is 1.64. The predicted octanol–water partition coefficient (Wildman–Crippen LogP) is 2.59. The Balaban J connectivity index is 2.41. The van der Waals surface area contributed by atoms with Gasteiger partial charge in [-0.25, -0.2) is 9.97 Å². The van der Waals surface area contributed by atoms with Crippen molar-refractivity contribution in [2.45, 2.75) is 45.1 Å². The van der Waals surface area contributed by atoms with E-state index >= 15 is 0 Å². The fraction of sp³-hybridized carbons (Fsp3) is 0.692. The standard InChI is InChI=1S/C13H21N5O2/c1-3-6-10-7-4-5-8-17(10)13-11(18(19)20)12(14-2)15-9-16-13/h9-10H,3-8H2,1-2H3,(H,14,15,16). The molecule has 0 aromatic carbocycles. The Morgan fingerprint density at radius 2 is 2.30 bits per heavy atom. The van der Waals surface area contributed by atoms with Crippen molar-refractivity contribution in [3.05, 3.63) is 16.4 Å². The Morgan fingerprint density at radius 3 is 2.95 bits per heavy atom. The lowest BCUT2D eigenvalue weighted by Gasteiger charge is -2.36. The summed E-state index contributed by atoms with van der Waals surface area (Å²) in [4.78, 5) is 21.2.